The highest BCUT2D eigenvalue weighted by atomic mass is 16.5. The summed E-state index contributed by atoms with van der Waals surface area (Å²) in [6, 6.07) is 0. The Kier molecular flexibility index (Phi) is 7.34. The van der Waals surface area contributed by atoms with E-state index >= 15 is 0 Å². The molecule has 96 valence electrons. The Hall–Kier alpha value is -0.610. The third-order valence-corrected chi connectivity index (χ3v) is 2.92. The van der Waals surface area contributed by atoms with Gasteiger partial charge in [0.05, 0.1) is 7.11 Å². The predicted molar refractivity (Wildman–Crippen MR) is 66.5 cm³/mol. The first kappa shape index (κ1) is 15.4. The summed E-state index contributed by atoms with van der Waals surface area (Å²) >= 11 is 0. The van der Waals surface area contributed by atoms with Gasteiger partial charge in [0.25, 0.3) is 0 Å². The third kappa shape index (κ3) is 4.94. The van der Waals surface area contributed by atoms with Crippen LogP contribution in [-0.4, -0.2) is 50.7 Å². The topological polar surface area (TPSA) is 41.6 Å². The molecule has 0 aliphatic rings. The van der Waals surface area contributed by atoms with E-state index in [1.807, 2.05) is 14.0 Å². The minimum Gasteiger partial charge on any atom is -0.468 e. The van der Waals surface area contributed by atoms with Crippen molar-refractivity contribution in [3.63, 3.8) is 0 Å². The lowest BCUT2D eigenvalue weighted by atomic mass is 10.0. The number of likely N-dealkylation sites (N-methyl/N-ethyl adjacent to an activating group) is 2. The van der Waals surface area contributed by atoms with E-state index < -0.39 is 5.54 Å². The molecule has 1 unspecified atom stereocenters. The molecule has 0 aliphatic heterocycles. The van der Waals surface area contributed by atoms with E-state index in [1.54, 1.807) is 7.05 Å². The highest BCUT2D eigenvalue weighted by Gasteiger charge is 2.33. The molecule has 0 aromatic rings. The Balaban J connectivity index is 4.14. The molecule has 16 heavy (non-hydrogen) atoms. The lowest BCUT2D eigenvalue weighted by Crippen LogP contribution is -2.55. The Labute approximate surface area is 99.3 Å². The van der Waals surface area contributed by atoms with Crippen molar-refractivity contribution in [2.24, 2.45) is 0 Å². The van der Waals surface area contributed by atoms with Gasteiger partial charge in [0.1, 0.15) is 5.54 Å². The molecule has 0 aromatic heterocycles. The van der Waals surface area contributed by atoms with E-state index in [0.29, 0.717) is 6.54 Å². The summed E-state index contributed by atoms with van der Waals surface area (Å²) in [6.45, 7) is 5.74. The van der Waals surface area contributed by atoms with Crippen LogP contribution >= 0.6 is 0 Å². The first-order chi connectivity index (χ1) is 7.50. The molecule has 1 N–H and O–H groups in total. The maximum absolute atomic E-state index is 11.6. The normalized spacial score (nSPS) is 14.9. The first-order valence-corrected chi connectivity index (χ1v) is 5.96. The Bertz CT molecular complexity index is 209. The Morgan fingerprint density at radius 2 is 2.06 bits per heavy atom. The number of hydrogen-bond acceptors (Lipinski definition) is 4. The van der Waals surface area contributed by atoms with Crippen molar-refractivity contribution < 1.29 is 9.53 Å². The summed E-state index contributed by atoms with van der Waals surface area (Å²) in [5.41, 5.74) is -0.615. The van der Waals surface area contributed by atoms with Crippen LogP contribution in [-0.2, 0) is 9.53 Å². The highest BCUT2D eigenvalue weighted by molar-refractivity contribution is 5.80. The first-order valence-electron chi connectivity index (χ1n) is 5.96. The average Bonchev–Trinajstić information content (AvgIpc) is 2.28. The van der Waals surface area contributed by atoms with Crippen LogP contribution in [0.3, 0.4) is 0 Å². The van der Waals surface area contributed by atoms with E-state index in [4.69, 9.17) is 4.74 Å². The van der Waals surface area contributed by atoms with Gasteiger partial charge in [0.15, 0.2) is 0 Å². The van der Waals surface area contributed by atoms with Gasteiger partial charge in [-0.05, 0) is 34.0 Å². The molecule has 0 aromatic carbocycles. The van der Waals surface area contributed by atoms with Gasteiger partial charge >= 0.3 is 5.97 Å². The van der Waals surface area contributed by atoms with Crippen LogP contribution in [0.4, 0.5) is 0 Å². The molecule has 0 bridgehead atoms. The Morgan fingerprint density at radius 1 is 1.44 bits per heavy atom. The molecular weight excluding hydrogens is 204 g/mol. The molecule has 4 nitrogen and oxygen atoms in total. The third-order valence-electron chi connectivity index (χ3n) is 2.92. The molecule has 0 amide bonds. The summed E-state index contributed by atoms with van der Waals surface area (Å²) in [6.07, 6.45) is 3.63. The molecule has 0 fully saturated rings. The van der Waals surface area contributed by atoms with E-state index in [2.05, 4.69) is 17.1 Å². The van der Waals surface area contributed by atoms with Gasteiger partial charge in [-0.15, -0.1) is 0 Å². The second-order valence-electron chi connectivity index (χ2n) is 4.52. The minimum absolute atomic E-state index is 0.211. The van der Waals surface area contributed by atoms with Crippen LogP contribution < -0.4 is 5.32 Å². The number of methoxy groups -OCH3 is 1. The number of carbonyl (C=O) groups is 1. The van der Waals surface area contributed by atoms with E-state index in [9.17, 15) is 4.79 Å². The predicted octanol–water partition coefficient (Wildman–Crippen LogP) is 1.26. The van der Waals surface area contributed by atoms with Gasteiger partial charge in [-0.25, -0.2) is 0 Å². The average molecular weight is 230 g/mol. The standard InChI is InChI=1S/C12H26N2O2/c1-6-7-8-9-14(4)10-12(2,13-3)11(15)16-5/h13H,6-10H2,1-5H3. The number of esters is 1. The van der Waals surface area contributed by atoms with Crippen molar-refractivity contribution in [2.45, 2.75) is 38.6 Å². The summed E-state index contributed by atoms with van der Waals surface area (Å²) < 4.78 is 4.80. The van der Waals surface area contributed by atoms with Crippen LogP contribution in [0.1, 0.15) is 33.1 Å². The quantitative estimate of drug-likeness (QED) is 0.503. The van der Waals surface area contributed by atoms with E-state index in [0.717, 1.165) is 6.54 Å². The fraction of sp³-hybridized carbons (Fsp3) is 0.917. The van der Waals surface area contributed by atoms with Crippen LogP contribution in [0.5, 0.6) is 0 Å². The van der Waals surface area contributed by atoms with Crippen molar-refractivity contribution in [3.05, 3.63) is 0 Å². The minimum atomic E-state index is -0.615. The fourth-order valence-electron chi connectivity index (χ4n) is 1.72. The van der Waals surface area contributed by atoms with Gasteiger partial charge in [-0.2, -0.15) is 0 Å². The van der Waals surface area contributed by atoms with Crippen molar-refractivity contribution in [2.75, 3.05) is 34.3 Å². The van der Waals surface area contributed by atoms with Gasteiger partial charge < -0.3 is 15.0 Å². The zero-order chi connectivity index (χ0) is 12.6. The van der Waals surface area contributed by atoms with Gasteiger partial charge in [0, 0.05) is 6.54 Å². The molecule has 0 rings (SSSR count). The van der Waals surface area contributed by atoms with Crippen molar-refractivity contribution in [3.8, 4) is 0 Å². The lowest BCUT2D eigenvalue weighted by molar-refractivity contribution is -0.148. The number of carbonyl (C=O) groups excluding carboxylic acids is 1. The van der Waals surface area contributed by atoms with Gasteiger partial charge in [-0.3, -0.25) is 4.79 Å². The molecule has 0 saturated heterocycles. The molecule has 0 saturated carbocycles. The van der Waals surface area contributed by atoms with Crippen LogP contribution in [0, 0.1) is 0 Å². The van der Waals surface area contributed by atoms with E-state index in [-0.39, 0.29) is 5.97 Å². The number of unbranched alkanes of at least 4 members (excludes halogenated alkanes) is 2. The molecule has 1 atom stereocenters. The number of nitrogens with one attached hydrogen (secondary N) is 1. The fourth-order valence-corrected chi connectivity index (χ4v) is 1.72. The second-order valence-corrected chi connectivity index (χ2v) is 4.52. The van der Waals surface area contributed by atoms with Crippen LogP contribution in [0.25, 0.3) is 0 Å². The summed E-state index contributed by atoms with van der Waals surface area (Å²) in [5.74, 6) is -0.211. The van der Waals surface area contributed by atoms with Crippen molar-refractivity contribution >= 4 is 5.97 Å². The number of hydrogen-bond donors (Lipinski definition) is 1. The zero-order valence-corrected chi connectivity index (χ0v) is 11.3. The maximum atomic E-state index is 11.6. The molecular formula is C12H26N2O2. The zero-order valence-electron chi connectivity index (χ0n) is 11.3. The van der Waals surface area contributed by atoms with Crippen molar-refractivity contribution in [1.29, 1.82) is 0 Å². The molecule has 0 spiro atoms. The molecule has 0 aliphatic carbocycles. The lowest BCUT2D eigenvalue weighted by Gasteiger charge is -2.31. The monoisotopic (exact) mass is 230 g/mol. The van der Waals surface area contributed by atoms with E-state index in [1.165, 1.54) is 26.4 Å². The SMILES string of the molecule is CCCCCN(C)CC(C)(NC)C(=O)OC. The number of rotatable bonds is 8. The van der Waals surface area contributed by atoms with Gasteiger partial charge in [-0.1, -0.05) is 19.8 Å². The Morgan fingerprint density at radius 3 is 2.50 bits per heavy atom. The second kappa shape index (κ2) is 7.63. The van der Waals surface area contributed by atoms with Crippen LogP contribution in [0.2, 0.25) is 0 Å². The van der Waals surface area contributed by atoms with Crippen molar-refractivity contribution in [1.82, 2.24) is 10.2 Å². The van der Waals surface area contributed by atoms with Crippen LogP contribution in [0.15, 0.2) is 0 Å². The summed E-state index contributed by atoms with van der Waals surface area (Å²) in [5, 5.41) is 3.03. The maximum Gasteiger partial charge on any atom is 0.327 e. The largest absolute Gasteiger partial charge is 0.468 e. The molecule has 4 heteroatoms. The highest BCUT2D eigenvalue weighted by Crippen LogP contribution is 2.08. The summed E-state index contributed by atoms with van der Waals surface area (Å²) in [4.78, 5) is 13.8. The molecule has 0 radical (unpaired) electrons. The summed E-state index contributed by atoms with van der Waals surface area (Å²) in [7, 11) is 5.25. The smallest absolute Gasteiger partial charge is 0.327 e. The number of ether oxygens (including phenoxy) is 1. The van der Waals surface area contributed by atoms with Gasteiger partial charge in [0.2, 0.25) is 0 Å². The number of nitrogens with zero attached hydrogens (tertiary/aromatic N) is 1. The molecule has 0 heterocycles.